The molecule has 0 spiro atoms. The average molecular weight is 294 g/mol. The molecular formula is C17H24F2N2. The number of nitrogens with zero attached hydrogens (tertiary/aromatic N) is 1. The molecule has 2 aliphatic rings. The Bertz CT molecular complexity index is 492. The van der Waals surface area contributed by atoms with Crippen molar-refractivity contribution in [2.45, 2.75) is 38.1 Å². The Morgan fingerprint density at radius 3 is 2.67 bits per heavy atom. The Hall–Kier alpha value is -1.00. The van der Waals surface area contributed by atoms with E-state index in [0.717, 1.165) is 25.4 Å². The first kappa shape index (κ1) is 14.9. The smallest absolute Gasteiger partial charge is 0.128 e. The fourth-order valence-electron chi connectivity index (χ4n) is 4.15. The molecule has 4 heteroatoms. The fraction of sp³-hybridized carbons (Fsp3) is 0.647. The van der Waals surface area contributed by atoms with E-state index >= 15 is 0 Å². The van der Waals surface area contributed by atoms with Crippen LogP contribution in [-0.2, 0) is 0 Å². The van der Waals surface area contributed by atoms with E-state index in [1.807, 2.05) is 0 Å². The third-order valence-corrected chi connectivity index (χ3v) is 5.30. The predicted molar refractivity (Wildman–Crippen MR) is 79.8 cm³/mol. The summed E-state index contributed by atoms with van der Waals surface area (Å²) in [6.07, 6.45) is 6.42. The fourth-order valence-corrected chi connectivity index (χ4v) is 4.15. The largest absolute Gasteiger partial charge is 0.329 e. The quantitative estimate of drug-likeness (QED) is 0.925. The minimum Gasteiger partial charge on any atom is -0.329 e. The van der Waals surface area contributed by atoms with Crippen LogP contribution in [-0.4, -0.2) is 24.5 Å². The van der Waals surface area contributed by atoms with E-state index in [4.69, 9.17) is 5.73 Å². The van der Waals surface area contributed by atoms with E-state index < -0.39 is 5.82 Å². The van der Waals surface area contributed by atoms with Gasteiger partial charge in [-0.2, -0.15) is 0 Å². The lowest BCUT2D eigenvalue weighted by molar-refractivity contribution is 0.0575. The summed E-state index contributed by atoms with van der Waals surface area (Å²) in [5, 5.41) is 0. The Morgan fingerprint density at radius 2 is 1.90 bits per heavy atom. The lowest BCUT2D eigenvalue weighted by atomic mass is 9.74. The van der Waals surface area contributed by atoms with Crippen LogP contribution < -0.4 is 5.73 Å². The Balaban J connectivity index is 1.78. The molecule has 0 radical (unpaired) electrons. The number of hydrogen-bond acceptors (Lipinski definition) is 2. The van der Waals surface area contributed by atoms with Gasteiger partial charge in [0.1, 0.15) is 11.6 Å². The van der Waals surface area contributed by atoms with Crippen LogP contribution in [0, 0.1) is 23.5 Å². The second kappa shape index (κ2) is 6.41. The van der Waals surface area contributed by atoms with Crippen LogP contribution in [0.15, 0.2) is 18.2 Å². The zero-order valence-electron chi connectivity index (χ0n) is 12.4. The standard InChI is InChI=1S/C17H24F2N2/c18-14-5-6-16(19)15(9-14)17(10-20)21-8-7-12-3-1-2-4-13(12)11-21/h5-6,9,12-13,17H,1-4,7-8,10-11,20H2. The monoisotopic (exact) mass is 294 g/mol. The summed E-state index contributed by atoms with van der Waals surface area (Å²) in [5.41, 5.74) is 6.30. The minimum atomic E-state index is -0.391. The molecule has 0 amide bonds. The van der Waals surface area contributed by atoms with Crippen LogP contribution in [0.25, 0.3) is 0 Å². The van der Waals surface area contributed by atoms with Crippen molar-refractivity contribution < 1.29 is 8.78 Å². The first-order chi connectivity index (χ1) is 10.2. The maximum Gasteiger partial charge on any atom is 0.128 e. The van der Waals surface area contributed by atoms with Crippen molar-refractivity contribution in [1.82, 2.24) is 4.90 Å². The van der Waals surface area contributed by atoms with Gasteiger partial charge in [0, 0.05) is 18.7 Å². The number of fused-ring (bicyclic) bond motifs is 1. The Labute approximate surface area is 125 Å². The van der Waals surface area contributed by atoms with Crippen LogP contribution in [0.5, 0.6) is 0 Å². The maximum atomic E-state index is 14.0. The predicted octanol–water partition coefficient (Wildman–Crippen LogP) is 3.48. The summed E-state index contributed by atoms with van der Waals surface area (Å²) in [6, 6.07) is 3.48. The molecule has 1 heterocycles. The van der Waals surface area contributed by atoms with Gasteiger partial charge in [-0.25, -0.2) is 8.78 Å². The number of hydrogen-bond donors (Lipinski definition) is 1. The van der Waals surface area contributed by atoms with Gasteiger partial charge < -0.3 is 5.73 Å². The van der Waals surface area contributed by atoms with Gasteiger partial charge in [-0.05, 0) is 49.4 Å². The normalized spacial score (nSPS) is 28.1. The number of likely N-dealkylation sites (tertiary alicyclic amines) is 1. The molecule has 1 saturated carbocycles. The number of nitrogens with two attached hydrogens (primary N) is 1. The summed E-state index contributed by atoms with van der Waals surface area (Å²) in [7, 11) is 0. The molecule has 1 aliphatic carbocycles. The summed E-state index contributed by atoms with van der Waals surface area (Å²) < 4.78 is 27.5. The molecule has 1 aromatic carbocycles. The van der Waals surface area contributed by atoms with Crippen molar-refractivity contribution in [2.24, 2.45) is 17.6 Å². The molecule has 0 bridgehead atoms. The van der Waals surface area contributed by atoms with Crippen molar-refractivity contribution in [3.05, 3.63) is 35.4 Å². The van der Waals surface area contributed by atoms with Gasteiger partial charge in [-0.15, -0.1) is 0 Å². The molecule has 3 atom stereocenters. The van der Waals surface area contributed by atoms with E-state index in [9.17, 15) is 8.78 Å². The van der Waals surface area contributed by atoms with Crippen LogP contribution in [0.1, 0.15) is 43.7 Å². The number of benzene rings is 1. The third-order valence-electron chi connectivity index (χ3n) is 5.30. The molecule has 2 fully saturated rings. The number of halogens is 2. The average Bonchev–Trinajstić information content (AvgIpc) is 2.51. The summed E-state index contributed by atoms with van der Waals surface area (Å²) >= 11 is 0. The molecule has 1 aromatic rings. The highest BCUT2D eigenvalue weighted by Crippen LogP contribution is 2.38. The van der Waals surface area contributed by atoms with Crippen LogP contribution >= 0.6 is 0 Å². The van der Waals surface area contributed by atoms with E-state index in [-0.39, 0.29) is 11.9 Å². The van der Waals surface area contributed by atoms with Gasteiger partial charge in [-0.3, -0.25) is 4.90 Å². The van der Waals surface area contributed by atoms with Gasteiger partial charge in [0.2, 0.25) is 0 Å². The summed E-state index contributed by atoms with van der Waals surface area (Å²) in [5.74, 6) is 0.791. The molecule has 3 rings (SSSR count). The lowest BCUT2D eigenvalue weighted by Gasteiger charge is -2.44. The van der Waals surface area contributed by atoms with E-state index in [1.54, 1.807) is 0 Å². The van der Waals surface area contributed by atoms with Crippen molar-refractivity contribution in [1.29, 1.82) is 0 Å². The van der Waals surface area contributed by atoms with E-state index in [0.29, 0.717) is 18.0 Å². The minimum absolute atomic E-state index is 0.205. The highest BCUT2D eigenvalue weighted by Gasteiger charge is 2.34. The van der Waals surface area contributed by atoms with Gasteiger partial charge in [-0.1, -0.05) is 19.3 Å². The van der Waals surface area contributed by atoms with Crippen LogP contribution in [0.2, 0.25) is 0 Å². The molecule has 2 nitrogen and oxygen atoms in total. The molecule has 116 valence electrons. The third kappa shape index (κ3) is 3.11. The molecule has 3 unspecified atom stereocenters. The topological polar surface area (TPSA) is 29.3 Å². The van der Waals surface area contributed by atoms with Crippen LogP contribution in [0.4, 0.5) is 8.78 Å². The Kier molecular flexibility index (Phi) is 4.55. The molecular weight excluding hydrogens is 270 g/mol. The van der Waals surface area contributed by atoms with Crippen molar-refractivity contribution in [3.8, 4) is 0 Å². The molecule has 2 N–H and O–H groups in total. The highest BCUT2D eigenvalue weighted by atomic mass is 19.1. The van der Waals surface area contributed by atoms with Gasteiger partial charge in [0.15, 0.2) is 0 Å². The van der Waals surface area contributed by atoms with E-state index in [2.05, 4.69) is 4.90 Å². The van der Waals surface area contributed by atoms with Gasteiger partial charge in [0.05, 0.1) is 6.04 Å². The van der Waals surface area contributed by atoms with Crippen molar-refractivity contribution >= 4 is 0 Å². The zero-order chi connectivity index (χ0) is 14.8. The van der Waals surface area contributed by atoms with Crippen molar-refractivity contribution in [3.63, 3.8) is 0 Å². The molecule has 1 saturated heterocycles. The van der Waals surface area contributed by atoms with E-state index in [1.165, 1.54) is 43.9 Å². The summed E-state index contributed by atoms with van der Waals surface area (Å²) in [4.78, 5) is 2.27. The Morgan fingerprint density at radius 1 is 1.14 bits per heavy atom. The summed E-state index contributed by atoms with van der Waals surface area (Å²) in [6.45, 7) is 2.25. The number of rotatable bonds is 3. The van der Waals surface area contributed by atoms with Crippen LogP contribution in [0.3, 0.4) is 0 Å². The maximum absolute atomic E-state index is 14.0. The second-order valence-corrected chi connectivity index (χ2v) is 6.51. The second-order valence-electron chi connectivity index (χ2n) is 6.51. The van der Waals surface area contributed by atoms with Crippen molar-refractivity contribution in [2.75, 3.05) is 19.6 Å². The lowest BCUT2D eigenvalue weighted by Crippen LogP contribution is -2.45. The first-order valence-electron chi connectivity index (χ1n) is 8.08. The number of piperidine rings is 1. The first-order valence-corrected chi connectivity index (χ1v) is 8.08. The molecule has 1 aliphatic heterocycles. The SMILES string of the molecule is NCC(c1cc(F)ccc1F)N1CCC2CCCCC2C1. The molecule has 0 aromatic heterocycles. The van der Waals surface area contributed by atoms with Gasteiger partial charge in [0.25, 0.3) is 0 Å². The highest BCUT2D eigenvalue weighted by molar-refractivity contribution is 5.23. The van der Waals surface area contributed by atoms with Gasteiger partial charge >= 0.3 is 0 Å². The molecule has 21 heavy (non-hydrogen) atoms. The zero-order valence-corrected chi connectivity index (χ0v) is 12.4.